The molecule has 4 nitrogen and oxygen atoms in total. The maximum atomic E-state index is 14.8. The summed E-state index contributed by atoms with van der Waals surface area (Å²) in [5.74, 6) is -0.652. The zero-order valence-corrected chi connectivity index (χ0v) is 16.6. The molecule has 0 saturated heterocycles. The number of aromatic amines is 1. The first kappa shape index (κ1) is 19.7. The smallest absolute Gasteiger partial charge is 0.328 e. The Balaban J connectivity index is 1.63. The van der Waals surface area contributed by atoms with Crippen molar-refractivity contribution < 1.29 is 17.6 Å². The molecule has 1 aliphatic rings. The molecule has 31 heavy (non-hydrogen) atoms. The summed E-state index contributed by atoms with van der Waals surface area (Å²) in [5, 5.41) is 0.171. The van der Waals surface area contributed by atoms with E-state index in [0.29, 0.717) is 15.9 Å². The van der Waals surface area contributed by atoms with Crippen molar-refractivity contribution >= 4 is 44.8 Å². The zero-order valence-electron chi connectivity index (χ0n) is 15.8. The lowest BCUT2D eigenvalue weighted by atomic mass is 10.1. The summed E-state index contributed by atoms with van der Waals surface area (Å²) in [6.07, 6.45) is 0.342. The maximum absolute atomic E-state index is 14.8. The van der Waals surface area contributed by atoms with Gasteiger partial charge in [0.1, 0.15) is 16.0 Å². The predicted molar refractivity (Wildman–Crippen MR) is 113 cm³/mol. The van der Waals surface area contributed by atoms with Crippen molar-refractivity contribution in [2.75, 3.05) is 0 Å². The van der Waals surface area contributed by atoms with Gasteiger partial charge in [0.05, 0.1) is 11.1 Å². The van der Waals surface area contributed by atoms with Crippen LogP contribution < -0.4 is 11.0 Å². The molecule has 1 fully saturated rings. The minimum atomic E-state index is -4.42. The number of hydrogen-bond acceptors (Lipinski definition) is 3. The Morgan fingerprint density at radius 2 is 1.77 bits per heavy atom. The minimum Gasteiger partial charge on any atom is -0.328 e. The maximum Gasteiger partial charge on any atom is 0.416 e. The van der Waals surface area contributed by atoms with Gasteiger partial charge in [0.15, 0.2) is 0 Å². The molecule has 2 aromatic carbocycles. The summed E-state index contributed by atoms with van der Waals surface area (Å²) in [6, 6.07) is 7.35. The lowest BCUT2D eigenvalue weighted by Crippen LogP contribution is -2.15. The first-order valence-electron chi connectivity index (χ1n) is 9.48. The first-order chi connectivity index (χ1) is 14.7. The molecule has 0 unspecified atom stereocenters. The number of aromatic nitrogens is 2. The van der Waals surface area contributed by atoms with E-state index >= 15 is 0 Å². The van der Waals surface area contributed by atoms with Gasteiger partial charge in [-0.3, -0.25) is 14.0 Å². The standard InChI is InChI=1S/C22H14F4N2O2S/c23-16-10-15-17(28(14-7-8-14)21-18(19(15)29)20(30)27-31-21)9-12(16)4-1-11-2-5-13(6-3-11)22(24,25)26/h1-6,9-10,14H,7-8H2,(H,27,30)/b4-1+. The van der Waals surface area contributed by atoms with Gasteiger partial charge in [-0.1, -0.05) is 24.3 Å². The highest BCUT2D eigenvalue weighted by molar-refractivity contribution is 7.12. The van der Waals surface area contributed by atoms with Crippen LogP contribution in [-0.2, 0) is 6.18 Å². The lowest BCUT2D eigenvalue weighted by molar-refractivity contribution is -0.137. The van der Waals surface area contributed by atoms with Gasteiger partial charge in [-0.05, 0) is 54.2 Å². The quantitative estimate of drug-likeness (QED) is 0.331. The van der Waals surface area contributed by atoms with Crippen molar-refractivity contribution in [3.8, 4) is 0 Å². The largest absolute Gasteiger partial charge is 0.416 e. The number of fused-ring (bicyclic) bond motifs is 2. The number of pyridine rings is 1. The van der Waals surface area contributed by atoms with E-state index in [-0.39, 0.29) is 22.4 Å². The highest BCUT2D eigenvalue weighted by Gasteiger charge is 2.30. The van der Waals surface area contributed by atoms with Gasteiger partial charge < -0.3 is 4.57 Å². The van der Waals surface area contributed by atoms with Crippen LogP contribution in [0.25, 0.3) is 33.3 Å². The van der Waals surface area contributed by atoms with Crippen molar-refractivity contribution in [2.24, 2.45) is 0 Å². The van der Waals surface area contributed by atoms with Gasteiger partial charge in [0.25, 0.3) is 5.56 Å². The summed E-state index contributed by atoms with van der Waals surface area (Å²) >= 11 is 1.08. The minimum absolute atomic E-state index is 0.0387. The highest BCUT2D eigenvalue weighted by atomic mass is 32.1. The number of halogens is 4. The molecular formula is C22H14F4N2O2S. The zero-order chi connectivity index (χ0) is 21.9. The Morgan fingerprint density at radius 1 is 1.06 bits per heavy atom. The number of hydrogen-bond donors (Lipinski definition) is 1. The number of alkyl halides is 3. The van der Waals surface area contributed by atoms with Gasteiger partial charge in [-0.25, -0.2) is 4.39 Å². The SMILES string of the molecule is O=c1[nH]sc2c1c(=O)c1cc(F)c(/C=C/c3ccc(C(F)(F)F)cc3)cc1n2C1CC1. The van der Waals surface area contributed by atoms with Crippen LogP contribution in [-0.4, -0.2) is 8.94 Å². The van der Waals surface area contributed by atoms with E-state index in [2.05, 4.69) is 4.37 Å². The van der Waals surface area contributed by atoms with Gasteiger partial charge in [-0.2, -0.15) is 13.2 Å². The summed E-state index contributed by atoms with van der Waals surface area (Å²) in [5.41, 5.74) is -0.544. The number of benzene rings is 2. The molecule has 4 aromatic rings. The van der Waals surface area contributed by atoms with Gasteiger partial charge in [-0.15, -0.1) is 0 Å². The van der Waals surface area contributed by atoms with Crippen LogP contribution in [0.2, 0.25) is 0 Å². The second-order valence-corrected chi connectivity index (χ2v) is 8.28. The molecule has 0 atom stereocenters. The van der Waals surface area contributed by atoms with Crippen LogP contribution in [0.4, 0.5) is 17.6 Å². The summed E-state index contributed by atoms with van der Waals surface area (Å²) < 4.78 is 57.4. The van der Waals surface area contributed by atoms with E-state index in [1.165, 1.54) is 24.3 Å². The second-order valence-electron chi connectivity index (χ2n) is 7.49. The van der Waals surface area contributed by atoms with E-state index in [0.717, 1.165) is 42.6 Å². The predicted octanol–water partition coefficient (Wildman–Crippen LogP) is 5.57. The Bertz CT molecular complexity index is 1470. The number of rotatable bonds is 3. The van der Waals surface area contributed by atoms with Crippen LogP contribution in [0.3, 0.4) is 0 Å². The van der Waals surface area contributed by atoms with Gasteiger partial charge in [0.2, 0.25) is 5.43 Å². The Kier molecular flexibility index (Phi) is 4.40. The fraction of sp³-hybridized carbons (Fsp3) is 0.182. The number of nitrogens with zero attached hydrogens (tertiary/aromatic N) is 1. The number of nitrogens with one attached hydrogen (secondary N) is 1. The third-order valence-corrected chi connectivity index (χ3v) is 6.23. The fourth-order valence-electron chi connectivity index (χ4n) is 3.66. The lowest BCUT2D eigenvalue weighted by Gasteiger charge is -2.12. The Hall–Kier alpha value is -3.20. The number of H-pyrrole nitrogens is 1. The first-order valence-corrected chi connectivity index (χ1v) is 10.3. The highest BCUT2D eigenvalue weighted by Crippen LogP contribution is 2.40. The van der Waals surface area contributed by atoms with Crippen molar-refractivity contribution in [2.45, 2.75) is 25.1 Å². The van der Waals surface area contributed by atoms with Crippen LogP contribution in [0.5, 0.6) is 0 Å². The third kappa shape index (κ3) is 3.38. The average Bonchev–Trinajstić information content (AvgIpc) is 3.49. The Labute approximate surface area is 176 Å². The molecule has 0 aliphatic heterocycles. The van der Waals surface area contributed by atoms with Crippen molar-refractivity contribution in [3.05, 3.63) is 79.5 Å². The van der Waals surface area contributed by atoms with E-state index < -0.39 is 28.5 Å². The van der Waals surface area contributed by atoms with Crippen LogP contribution >= 0.6 is 11.5 Å². The van der Waals surface area contributed by atoms with E-state index in [1.54, 1.807) is 6.07 Å². The summed E-state index contributed by atoms with van der Waals surface area (Å²) in [6.45, 7) is 0. The molecule has 158 valence electrons. The van der Waals surface area contributed by atoms with Crippen LogP contribution in [0.15, 0.2) is 46.0 Å². The molecule has 0 spiro atoms. The molecule has 1 saturated carbocycles. The normalized spacial score (nSPS) is 14.8. The topological polar surface area (TPSA) is 54.9 Å². The van der Waals surface area contributed by atoms with Crippen LogP contribution in [0, 0.1) is 5.82 Å². The molecule has 9 heteroatoms. The molecule has 5 rings (SSSR count). The Morgan fingerprint density at radius 3 is 2.42 bits per heavy atom. The average molecular weight is 446 g/mol. The van der Waals surface area contributed by atoms with E-state index in [9.17, 15) is 27.2 Å². The monoisotopic (exact) mass is 446 g/mol. The second kappa shape index (κ2) is 6.91. The molecule has 2 heterocycles. The third-order valence-electron chi connectivity index (χ3n) is 5.35. The van der Waals surface area contributed by atoms with Crippen molar-refractivity contribution in [3.63, 3.8) is 0 Å². The van der Waals surface area contributed by atoms with Crippen molar-refractivity contribution in [1.82, 2.24) is 8.94 Å². The molecule has 0 amide bonds. The van der Waals surface area contributed by atoms with E-state index in [4.69, 9.17) is 0 Å². The van der Waals surface area contributed by atoms with Gasteiger partial charge in [0, 0.05) is 17.0 Å². The van der Waals surface area contributed by atoms with Gasteiger partial charge >= 0.3 is 6.18 Å². The molecule has 2 aromatic heterocycles. The van der Waals surface area contributed by atoms with Crippen LogP contribution in [0.1, 0.15) is 35.6 Å². The van der Waals surface area contributed by atoms with E-state index in [1.807, 2.05) is 4.57 Å². The fourth-order valence-corrected chi connectivity index (χ4v) is 4.58. The molecule has 0 bridgehead atoms. The molecule has 1 N–H and O–H groups in total. The molecule has 1 aliphatic carbocycles. The summed E-state index contributed by atoms with van der Waals surface area (Å²) in [4.78, 5) is 25.5. The van der Waals surface area contributed by atoms with Crippen molar-refractivity contribution in [1.29, 1.82) is 0 Å². The summed E-state index contributed by atoms with van der Waals surface area (Å²) in [7, 11) is 0. The molecular weight excluding hydrogens is 432 g/mol. The molecule has 0 radical (unpaired) electrons.